The molecule has 0 aromatic carbocycles. The molecule has 1 aliphatic rings. The van der Waals surface area contributed by atoms with Crippen LogP contribution in [0.2, 0.25) is 5.15 Å². The molecule has 2 heterocycles. The molecule has 0 spiro atoms. The summed E-state index contributed by atoms with van der Waals surface area (Å²) in [5, 5.41) is 11.7. The largest absolute Gasteiger partial charge is 0.378 e. The Balaban J connectivity index is 1.40. The molecule has 1 saturated heterocycles. The Bertz CT molecular complexity index is 791. The third-order valence-electron chi connectivity index (χ3n) is 5.56. The molecular weight excluding hydrogens is 486 g/mol. The zero-order chi connectivity index (χ0) is 24.8. The third-order valence-corrected chi connectivity index (χ3v) is 7.48. The van der Waals surface area contributed by atoms with Gasteiger partial charge in [0.25, 0.3) is 0 Å². The predicted octanol–water partition coefficient (Wildman–Crippen LogP) is 0.615. The predicted molar refractivity (Wildman–Crippen MR) is 130 cm³/mol. The maximum absolute atomic E-state index is 11.5. The van der Waals surface area contributed by atoms with Gasteiger partial charge in [-0.15, -0.1) is 5.10 Å². The van der Waals surface area contributed by atoms with Gasteiger partial charge in [0.05, 0.1) is 64.6 Å². The molecule has 11 nitrogen and oxygen atoms in total. The summed E-state index contributed by atoms with van der Waals surface area (Å²) >= 11 is 6.34. The molecule has 1 unspecified atom stereocenters. The standard InChI is InChI=1S/C21H40ClN5O6S/c1-4-18(2)23-5-7-30-9-11-32-13-14-33-12-10-31-8-6-27-21(22)20(24-25-27)17-26-15-19(16-26)34(3,28)29/h18-19,23H,4-17H2,1-3H3. The minimum absolute atomic E-state index is 0.301. The molecule has 1 aromatic heterocycles. The van der Waals surface area contributed by atoms with Gasteiger partial charge in [-0.1, -0.05) is 23.7 Å². The van der Waals surface area contributed by atoms with Gasteiger partial charge in [0.2, 0.25) is 0 Å². The summed E-state index contributed by atoms with van der Waals surface area (Å²) in [5.41, 5.74) is 0.644. The van der Waals surface area contributed by atoms with Crippen molar-refractivity contribution in [3.8, 4) is 0 Å². The van der Waals surface area contributed by atoms with E-state index in [0.717, 1.165) is 13.0 Å². The van der Waals surface area contributed by atoms with Gasteiger partial charge in [-0.05, 0) is 13.3 Å². The molecule has 0 saturated carbocycles. The molecule has 0 aliphatic carbocycles. The molecule has 0 amide bonds. The molecule has 1 aliphatic heterocycles. The average Bonchev–Trinajstić information content (AvgIpc) is 3.11. The highest BCUT2D eigenvalue weighted by molar-refractivity contribution is 7.91. The van der Waals surface area contributed by atoms with E-state index < -0.39 is 9.84 Å². The summed E-state index contributed by atoms with van der Waals surface area (Å²) in [7, 11) is -2.99. The first-order valence-electron chi connectivity index (χ1n) is 11.8. The van der Waals surface area contributed by atoms with Crippen molar-refractivity contribution < 1.29 is 27.4 Å². The number of halogens is 1. The van der Waals surface area contributed by atoms with Crippen LogP contribution in [-0.4, -0.2) is 118 Å². The van der Waals surface area contributed by atoms with Crippen LogP contribution in [0.3, 0.4) is 0 Å². The van der Waals surface area contributed by atoms with Gasteiger partial charge in [0.15, 0.2) is 15.0 Å². The minimum atomic E-state index is -2.99. The summed E-state index contributed by atoms with van der Waals surface area (Å²) in [4.78, 5) is 1.99. The zero-order valence-corrected chi connectivity index (χ0v) is 22.2. The fraction of sp³-hybridized carbons (Fsp3) is 0.905. The maximum Gasteiger partial charge on any atom is 0.152 e. The highest BCUT2D eigenvalue weighted by Crippen LogP contribution is 2.21. The minimum Gasteiger partial charge on any atom is -0.378 e. The third kappa shape index (κ3) is 11.3. The van der Waals surface area contributed by atoms with Crippen LogP contribution in [0.5, 0.6) is 0 Å². The van der Waals surface area contributed by atoms with Crippen LogP contribution in [0, 0.1) is 0 Å². The van der Waals surface area contributed by atoms with E-state index in [-0.39, 0.29) is 5.25 Å². The van der Waals surface area contributed by atoms with Crippen molar-refractivity contribution in [2.75, 3.05) is 78.7 Å². The highest BCUT2D eigenvalue weighted by Gasteiger charge is 2.35. The SMILES string of the molecule is CCC(C)NCCOCCOCCOCCOCCn1nnc(CN2CC(S(C)(=O)=O)C2)c1Cl. The number of likely N-dealkylation sites (tertiary alicyclic amines) is 1. The molecule has 1 fully saturated rings. The lowest BCUT2D eigenvalue weighted by atomic mass is 10.2. The summed E-state index contributed by atoms with van der Waals surface area (Å²) in [5.74, 6) is 0. The van der Waals surface area contributed by atoms with Crippen LogP contribution in [0.4, 0.5) is 0 Å². The van der Waals surface area contributed by atoms with E-state index in [4.69, 9.17) is 30.5 Å². The van der Waals surface area contributed by atoms with E-state index in [9.17, 15) is 8.42 Å². The van der Waals surface area contributed by atoms with Crippen LogP contribution < -0.4 is 5.32 Å². The van der Waals surface area contributed by atoms with Gasteiger partial charge in [-0.25, -0.2) is 13.1 Å². The molecule has 0 bridgehead atoms. The van der Waals surface area contributed by atoms with E-state index in [2.05, 4.69) is 29.5 Å². The Hall–Kier alpha value is -0.860. The lowest BCUT2D eigenvalue weighted by Crippen LogP contribution is -2.53. The van der Waals surface area contributed by atoms with Crippen molar-refractivity contribution in [1.29, 1.82) is 0 Å². The zero-order valence-electron chi connectivity index (χ0n) is 20.6. The summed E-state index contributed by atoms with van der Waals surface area (Å²) in [6.07, 6.45) is 2.38. The van der Waals surface area contributed by atoms with Crippen LogP contribution in [0.15, 0.2) is 0 Å². The molecule has 1 aromatic rings. The Morgan fingerprint density at radius 1 is 1.03 bits per heavy atom. The van der Waals surface area contributed by atoms with Crippen molar-refractivity contribution in [3.05, 3.63) is 10.8 Å². The Labute approximate surface area is 208 Å². The lowest BCUT2D eigenvalue weighted by Gasteiger charge is -2.37. The van der Waals surface area contributed by atoms with E-state index in [1.54, 1.807) is 4.68 Å². The van der Waals surface area contributed by atoms with Crippen molar-refractivity contribution in [3.63, 3.8) is 0 Å². The molecule has 13 heteroatoms. The first-order chi connectivity index (χ1) is 16.3. The monoisotopic (exact) mass is 525 g/mol. The van der Waals surface area contributed by atoms with Gasteiger partial charge in [0, 0.05) is 38.5 Å². The second-order valence-electron chi connectivity index (χ2n) is 8.41. The number of rotatable bonds is 20. The Kier molecular flexibility index (Phi) is 13.8. The van der Waals surface area contributed by atoms with Crippen molar-refractivity contribution in [2.45, 2.75) is 44.6 Å². The summed E-state index contributed by atoms with van der Waals surface area (Å²) in [6, 6.07) is 0.523. The Morgan fingerprint density at radius 2 is 1.59 bits per heavy atom. The topological polar surface area (TPSA) is 117 Å². The van der Waals surface area contributed by atoms with E-state index in [1.165, 1.54) is 6.26 Å². The quantitative estimate of drug-likeness (QED) is 0.243. The highest BCUT2D eigenvalue weighted by atomic mass is 35.5. The van der Waals surface area contributed by atoms with E-state index in [0.29, 0.717) is 95.9 Å². The van der Waals surface area contributed by atoms with Gasteiger partial charge in [-0.2, -0.15) is 0 Å². The fourth-order valence-corrected chi connectivity index (χ4v) is 4.33. The number of nitrogens with zero attached hydrogens (tertiary/aromatic N) is 4. The van der Waals surface area contributed by atoms with Gasteiger partial charge >= 0.3 is 0 Å². The van der Waals surface area contributed by atoms with E-state index in [1.807, 2.05) is 4.90 Å². The number of nitrogens with one attached hydrogen (secondary N) is 1. The number of ether oxygens (including phenoxy) is 4. The Morgan fingerprint density at radius 3 is 2.15 bits per heavy atom. The molecule has 2 rings (SSSR count). The number of aromatic nitrogens is 3. The molecule has 0 radical (unpaired) electrons. The number of hydrogen-bond acceptors (Lipinski definition) is 10. The normalized spacial score (nSPS) is 16.1. The number of sulfone groups is 1. The first-order valence-corrected chi connectivity index (χ1v) is 14.2. The summed E-state index contributed by atoms with van der Waals surface area (Å²) < 4.78 is 46.6. The molecular formula is C21H40ClN5O6S. The van der Waals surface area contributed by atoms with Crippen LogP contribution in [-0.2, 0) is 41.9 Å². The lowest BCUT2D eigenvalue weighted by molar-refractivity contribution is -0.00254. The van der Waals surface area contributed by atoms with Crippen molar-refractivity contribution >= 4 is 21.4 Å². The average molecular weight is 526 g/mol. The van der Waals surface area contributed by atoms with E-state index >= 15 is 0 Å². The maximum atomic E-state index is 11.5. The second-order valence-corrected chi connectivity index (χ2v) is 11.1. The van der Waals surface area contributed by atoms with Crippen LogP contribution in [0.1, 0.15) is 26.0 Å². The van der Waals surface area contributed by atoms with Crippen LogP contribution >= 0.6 is 11.6 Å². The first kappa shape index (κ1) is 29.4. The smallest absolute Gasteiger partial charge is 0.152 e. The van der Waals surface area contributed by atoms with Gasteiger partial charge in [-0.3, -0.25) is 4.90 Å². The molecule has 1 atom stereocenters. The second kappa shape index (κ2) is 16.0. The van der Waals surface area contributed by atoms with Crippen LogP contribution in [0.25, 0.3) is 0 Å². The van der Waals surface area contributed by atoms with Crippen molar-refractivity contribution in [1.82, 2.24) is 25.2 Å². The fourth-order valence-electron chi connectivity index (χ4n) is 3.15. The van der Waals surface area contributed by atoms with Gasteiger partial charge < -0.3 is 24.3 Å². The molecule has 198 valence electrons. The summed E-state index contributed by atoms with van der Waals surface area (Å²) in [6.45, 7) is 11.4. The number of hydrogen-bond donors (Lipinski definition) is 1. The van der Waals surface area contributed by atoms with Gasteiger partial charge in [0.1, 0.15) is 5.69 Å². The molecule has 34 heavy (non-hydrogen) atoms. The van der Waals surface area contributed by atoms with Crippen molar-refractivity contribution in [2.24, 2.45) is 0 Å². The molecule has 1 N–H and O–H groups in total.